The lowest BCUT2D eigenvalue weighted by molar-refractivity contribution is 0.0515. The summed E-state index contributed by atoms with van der Waals surface area (Å²) in [6.07, 6.45) is -0.268. The zero-order chi connectivity index (χ0) is 15.8. The van der Waals surface area contributed by atoms with Crippen LogP contribution in [0.4, 0.5) is 0 Å². The summed E-state index contributed by atoms with van der Waals surface area (Å²) in [7, 11) is 1.89. The molecule has 0 amide bonds. The predicted molar refractivity (Wildman–Crippen MR) is 91.0 cm³/mol. The maximum absolute atomic E-state index is 6.18. The Morgan fingerprint density at radius 1 is 1.00 bits per heavy atom. The third-order valence-electron chi connectivity index (χ3n) is 3.12. The molecule has 0 saturated heterocycles. The van der Waals surface area contributed by atoms with E-state index in [0.717, 1.165) is 12.1 Å². The molecule has 1 N–H and O–H groups in total. The fourth-order valence-corrected chi connectivity index (χ4v) is 2.45. The van der Waals surface area contributed by atoms with Gasteiger partial charge in [0.25, 0.3) is 0 Å². The molecule has 0 aromatic heterocycles. The third-order valence-corrected chi connectivity index (χ3v) is 3.71. The Kier molecular flexibility index (Phi) is 7.00. The average Bonchev–Trinajstić information content (AvgIpc) is 2.54. The summed E-state index contributed by atoms with van der Waals surface area (Å²) < 4.78 is 11.7. The summed E-state index contributed by atoms with van der Waals surface area (Å²) in [4.78, 5) is 0. The van der Waals surface area contributed by atoms with Gasteiger partial charge >= 0.3 is 0 Å². The van der Waals surface area contributed by atoms with Gasteiger partial charge in [-0.25, -0.2) is 0 Å². The number of hydrogen-bond acceptors (Lipinski definition) is 3. The molecule has 2 rings (SSSR count). The average molecular weight is 340 g/mol. The van der Waals surface area contributed by atoms with Crippen molar-refractivity contribution in [3.63, 3.8) is 0 Å². The van der Waals surface area contributed by atoms with Gasteiger partial charge in [-0.3, -0.25) is 0 Å². The van der Waals surface area contributed by atoms with Crippen LogP contribution in [0.25, 0.3) is 0 Å². The minimum Gasteiger partial charge on any atom is -0.480 e. The van der Waals surface area contributed by atoms with Gasteiger partial charge in [-0.2, -0.15) is 0 Å². The molecular formula is C17H19Cl2NO2. The molecule has 0 radical (unpaired) electrons. The Labute approximate surface area is 141 Å². The summed E-state index contributed by atoms with van der Waals surface area (Å²) in [5.74, 6) is 0.483. The van der Waals surface area contributed by atoms with E-state index in [1.165, 1.54) is 0 Å². The molecule has 2 aromatic carbocycles. The summed E-state index contributed by atoms with van der Waals surface area (Å²) in [6.45, 7) is 1.82. The molecule has 5 heteroatoms. The van der Waals surface area contributed by atoms with Crippen LogP contribution in [0, 0.1) is 0 Å². The lowest BCUT2D eigenvalue weighted by atomic mass is 10.1. The SMILES string of the molecule is CNCCOC[C@@H](Oc1c(Cl)cccc1Cl)c1ccccc1. The molecule has 1 atom stereocenters. The normalized spacial score (nSPS) is 12.1. The van der Waals surface area contributed by atoms with Crippen LogP contribution in [-0.2, 0) is 4.74 Å². The first-order chi connectivity index (χ1) is 10.7. The van der Waals surface area contributed by atoms with E-state index in [0.29, 0.717) is 29.0 Å². The standard InChI is InChI=1S/C17H19Cl2NO2/c1-20-10-11-21-12-16(13-6-3-2-4-7-13)22-17-14(18)8-5-9-15(17)19/h2-9,16,20H,10-12H2,1H3/t16-/m1/s1. The van der Waals surface area contributed by atoms with E-state index < -0.39 is 0 Å². The first-order valence-electron chi connectivity index (χ1n) is 7.10. The second-order valence-electron chi connectivity index (χ2n) is 4.75. The smallest absolute Gasteiger partial charge is 0.157 e. The highest BCUT2D eigenvalue weighted by atomic mass is 35.5. The molecule has 0 aliphatic heterocycles. The van der Waals surface area contributed by atoms with Crippen molar-refractivity contribution in [1.82, 2.24) is 5.32 Å². The molecule has 0 bridgehead atoms. The third kappa shape index (κ3) is 4.89. The van der Waals surface area contributed by atoms with Crippen LogP contribution in [0.3, 0.4) is 0 Å². The van der Waals surface area contributed by atoms with Gasteiger partial charge in [0, 0.05) is 6.54 Å². The molecule has 3 nitrogen and oxygen atoms in total. The Balaban J connectivity index is 2.14. The maximum atomic E-state index is 6.18. The highest BCUT2D eigenvalue weighted by Crippen LogP contribution is 2.35. The largest absolute Gasteiger partial charge is 0.480 e. The second kappa shape index (κ2) is 9.01. The Morgan fingerprint density at radius 3 is 2.32 bits per heavy atom. The number of nitrogens with one attached hydrogen (secondary N) is 1. The van der Waals surface area contributed by atoms with Gasteiger partial charge in [-0.05, 0) is 24.7 Å². The van der Waals surface area contributed by atoms with Gasteiger partial charge < -0.3 is 14.8 Å². The number of hydrogen-bond donors (Lipinski definition) is 1. The molecular weight excluding hydrogens is 321 g/mol. The molecule has 0 aliphatic carbocycles. The zero-order valence-corrected chi connectivity index (χ0v) is 13.9. The van der Waals surface area contributed by atoms with Crippen LogP contribution in [0.5, 0.6) is 5.75 Å². The number of halogens is 2. The van der Waals surface area contributed by atoms with Crippen LogP contribution >= 0.6 is 23.2 Å². The Bertz CT molecular complexity index is 558. The van der Waals surface area contributed by atoms with Crippen molar-refractivity contribution >= 4 is 23.2 Å². The Morgan fingerprint density at radius 2 is 1.68 bits per heavy atom. The lowest BCUT2D eigenvalue weighted by Gasteiger charge is -2.21. The fraction of sp³-hybridized carbons (Fsp3) is 0.294. The predicted octanol–water partition coefficient (Wildman–Crippen LogP) is 4.35. The van der Waals surface area contributed by atoms with Crippen molar-refractivity contribution in [2.45, 2.75) is 6.10 Å². The van der Waals surface area contributed by atoms with E-state index in [1.54, 1.807) is 18.2 Å². The van der Waals surface area contributed by atoms with E-state index in [4.69, 9.17) is 32.7 Å². The van der Waals surface area contributed by atoms with E-state index in [2.05, 4.69) is 5.32 Å². The summed E-state index contributed by atoms with van der Waals surface area (Å²) in [5.41, 5.74) is 1.02. The molecule has 0 aliphatic rings. The van der Waals surface area contributed by atoms with E-state index in [1.807, 2.05) is 37.4 Å². The van der Waals surface area contributed by atoms with Gasteiger partial charge in [0.1, 0.15) is 6.10 Å². The molecule has 0 unspecified atom stereocenters. The van der Waals surface area contributed by atoms with Crippen LogP contribution in [0.1, 0.15) is 11.7 Å². The number of para-hydroxylation sites is 1. The van der Waals surface area contributed by atoms with E-state index in [-0.39, 0.29) is 6.10 Å². The monoisotopic (exact) mass is 339 g/mol. The number of likely N-dealkylation sites (N-methyl/N-ethyl adjacent to an activating group) is 1. The van der Waals surface area contributed by atoms with Gasteiger partial charge in [0.2, 0.25) is 0 Å². The number of benzene rings is 2. The van der Waals surface area contributed by atoms with Gasteiger partial charge in [-0.15, -0.1) is 0 Å². The van der Waals surface area contributed by atoms with Crippen LogP contribution in [0.15, 0.2) is 48.5 Å². The summed E-state index contributed by atoms with van der Waals surface area (Å²) >= 11 is 12.4. The quantitative estimate of drug-likeness (QED) is 0.725. The lowest BCUT2D eigenvalue weighted by Crippen LogP contribution is -2.20. The van der Waals surface area contributed by atoms with Gasteiger partial charge in [-0.1, -0.05) is 59.6 Å². The minimum atomic E-state index is -0.268. The molecule has 0 saturated carbocycles. The van der Waals surface area contributed by atoms with Crippen molar-refractivity contribution in [2.24, 2.45) is 0 Å². The topological polar surface area (TPSA) is 30.5 Å². The zero-order valence-electron chi connectivity index (χ0n) is 12.4. The van der Waals surface area contributed by atoms with Crippen molar-refractivity contribution in [3.8, 4) is 5.75 Å². The van der Waals surface area contributed by atoms with Crippen molar-refractivity contribution in [2.75, 3.05) is 26.8 Å². The van der Waals surface area contributed by atoms with Crippen molar-refractivity contribution < 1.29 is 9.47 Å². The molecule has 0 fully saturated rings. The highest BCUT2D eigenvalue weighted by Gasteiger charge is 2.17. The second-order valence-corrected chi connectivity index (χ2v) is 5.56. The number of ether oxygens (including phenoxy) is 2. The summed E-state index contributed by atoms with van der Waals surface area (Å²) in [5, 5.41) is 4.02. The molecule has 118 valence electrons. The van der Waals surface area contributed by atoms with E-state index in [9.17, 15) is 0 Å². The molecule has 2 aromatic rings. The molecule has 0 spiro atoms. The minimum absolute atomic E-state index is 0.268. The van der Waals surface area contributed by atoms with Gasteiger partial charge in [0.05, 0.1) is 23.3 Å². The van der Waals surface area contributed by atoms with Crippen LogP contribution in [-0.4, -0.2) is 26.8 Å². The number of rotatable bonds is 8. The summed E-state index contributed by atoms with van der Waals surface area (Å²) in [6, 6.07) is 15.2. The molecule has 0 heterocycles. The first kappa shape index (κ1) is 17.1. The van der Waals surface area contributed by atoms with E-state index >= 15 is 0 Å². The van der Waals surface area contributed by atoms with Crippen LogP contribution in [0.2, 0.25) is 10.0 Å². The maximum Gasteiger partial charge on any atom is 0.157 e. The molecule has 22 heavy (non-hydrogen) atoms. The van der Waals surface area contributed by atoms with Crippen molar-refractivity contribution in [3.05, 3.63) is 64.1 Å². The first-order valence-corrected chi connectivity index (χ1v) is 7.86. The fourth-order valence-electron chi connectivity index (χ4n) is 1.97. The Hall–Kier alpha value is -1.26. The van der Waals surface area contributed by atoms with Crippen molar-refractivity contribution in [1.29, 1.82) is 0 Å². The van der Waals surface area contributed by atoms with Gasteiger partial charge in [0.15, 0.2) is 5.75 Å². The highest BCUT2D eigenvalue weighted by molar-refractivity contribution is 6.37. The van der Waals surface area contributed by atoms with Crippen LogP contribution < -0.4 is 10.1 Å².